The molecule has 1 aromatic carbocycles. The van der Waals surface area contributed by atoms with Crippen LogP contribution in [-0.2, 0) is 14.6 Å². The van der Waals surface area contributed by atoms with Crippen LogP contribution in [0.15, 0.2) is 35.4 Å². The van der Waals surface area contributed by atoms with Gasteiger partial charge in [-0.3, -0.25) is 0 Å². The summed E-state index contributed by atoms with van der Waals surface area (Å²) >= 11 is 0. The number of benzene rings is 1. The maximum Gasteiger partial charge on any atom is 0.407 e. The van der Waals surface area contributed by atoms with Crippen molar-refractivity contribution in [3.8, 4) is 6.07 Å². The number of nitriles is 1. The fraction of sp³-hybridized carbons (Fsp3) is 0.455. The molecule has 2 N–H and O–H groups in total. The molecule has 3 rings (SSSR count). The molecule has 2 heterocycles. The average Bonchev–Trinajstić information content (AvgIpc) is 2.72. The van der Waals surface area contributed by atoms with Crippen LogP contribution in [0.5, 0.6) is 0 Å². The van der Waals surface area contributed by atoms with Crippen LogP contribution in [0.2, 0.25) is 0 Å². The van der Waals surface area contributed by atoms with Crippen molar-refractivity contribution in [1.82, 2.24) is 15.3 Å². The Morgan fingerprint density at radius 2 is 1.97 bits per heavy atom. The number of rotatable bonds is 5. The molecule has 1 aliphatic heterocycles. The van der Waals surface area contributed by atoms with E-state index in [0.29, 0.717) is 18.1 Å². The minimum Gasteiger partial charge on any atom is -0.444 e. The summed E-state index contributed by atoms with van der Waals surface area (Å²) in [5.74, 6) is 0.837. The minimum absolute atomic E-state index is 0.106. The summed E-state index contributed by atoms with van der Waals surface area (Å²) in [5.41, 5.74) is 0.122. The van der Waals surface area contributed by atoms with Crippen LogP contribution in [0.25, 0.3) is 0 Å². The van der Waals surface area contributed by atoms with Gasteiger partial charge in [0.15, 0.2) is 21.3 Å². The zero-order chi connectivity index (χ0) is 24.2. The summed E-state index contributed by atoms with van der Waals surface area (Å²) in [5, 5.41) is 15.4. The molecule has 0 aliphatic carbocycles. The number of hydrogen-bond donors (Lipinski definition) is 2. The first-order chi connectivity index (χ1) is 15.4. The second-order valence-electron chi connectivity index (χ2n) is 8.89. The SMILES string of the molecule is CC(C)(C)OC(=O)NC1CCCN(c2cnc(C#N)c(Nc3ccc(S(C)(=O)=O)cc3)n2)C1. The largest absolute Gasteiger partial charge is 0.444 e. The molecule has 1 atom stereocenters. The van der Waals surface area contributed by atoms with Gasteiger partial charge in [0.25, 0.3) is 0 Å². The lowest BCUT2D eigenvalue weighted by Crippen LogP contribution is -2.49. The van der Waals surface area contributed by atoms with Crippen molar-refractivity contribution in [2.45, 2.75) is 50.2 Å². The molecule has 0 bridgehead atoms. The number of hydrogen-bond acceptors (Lipinski definition) is 9. The topological polar surface area (TPSA) is 137 Å². The molecule has 1 fully saturated rings. The van der Waals surface area contributed by atoms with Gasteiger partial charge < -0.3 is 20.3 Å². The van der Waals surface area contributed by atoms with E-state index in [9.17, 15) is 18.5 Å². The van der Waals surface area contributed by atoms with Gasteiger partial charge in [0.05, 0.1) is 11.1 Å². The Morgan fingerprint density at radius 1 is 1.27 bits per heavy atom. The van der Waals surface area contributed by atoms with E-state index in [4.69, 9.17) is 4.74 Å². The van der Waals surface area contributed by atoms with Gasteiger partial charge in [0, 0.05) is 31.1 Å². The molecule has 1 unspecified atom stereocenters. The molecule has 176 valence electrons. The number of amides is 1. The molecule has 1 aliphatic rings. The molecule has 1 saturated heterocycles. The number of sulfone groups is 1. The minimum atomic E-state index is -3.30. The predicted molar refractivity (Wildman–Crippen MR) is 124 cm³/mol. The smallest absolute Gasteiger partial charge is 0.407 e. The summed E-state index contributed by atoms with van der Waals surface area (Å²) in [6.07, 6.45) is 3.88. The summed E-state index contributed by atoms with van der Waals surface area (Å²) in [6, 6.07) is 8.09. The summed E-state index contributed by atoms with van der Waals surface area (Å²) in [4.78, 5) is 23.1. The number of nitrogens with zero attached hydrogens (tertiary/aromatic N) is 4. The van der Waals surface area contributed by atoms with Crippen molar-refractivity contribution in [2.75, 3.05) is 29.6 Å². The summed E-state index contributed by atoms with van der Waals surface area (Å²) in [6.45, 7) is 6.71. The Morgan fingerprint density at radius 3 is 2.58 bits per heavy atom. The number of alkyl carbamates (subject to hydrolysis) is 1. The van der Waals surface area contributed by atoms with Gasteiger partial charge in [-0.05, 0) is 57.9 Å². The van der Waals surface area contributed by atoms with E-state index in [1.807, 2.05) is 31.7 Å². The van der Waals surface area contributed by atoms with Gasteiger partial charge in [-0.2, -0.15) is 5.26 Å². The van der Waals surface area contributed by atoms with Gasteiger partial charge in [-0.25, -0.2) is 23.2 Å². The fourth-order valence-corrected chi connectivity index (χ4v) is 4.03. The number of carbonyl (C=O) groups excluding carboxylic acids is 1. The van der Waals surface area contributed by atoms with E-state index in [0.717, 1.165) is 25.6 Å². The van der Waals surface area contributed by atoms with E-state index in [1.54, 1.807) is 12.1 Å². The zero-order valence-electron chi connectivity index (χ0n) is 19.1. The van der Waals surface area contributed by atoms with Crippen LogP contribution < -0.4 is 15.5 Å². The van der Waals surface area contributed by atoms with Gasteiger partial charge in [-0.1, -0.05) is 0 Å². The van der Waals surface area contributed by atoms with E-state index in [2.05, 4.69) is 20.6 Å². The van der Waals surface area contributed by atoms with Gasteiger partial charge in [0.1, 0.15) is 17.5 Å². The molecule has 33 heavy (non-hydrogen) atoms. The molecular weight excluding hydrogens is 444 g/mol. The number of carbonyl (C=O) groups is 1. The van der Waals surface area contributed by atoms with Crippen LogP contribution >= 0.6 is 0 Å². The highest BCUT2D eigenvalue weighted by molar-refractivity contribution is 7.90. The predicted octanol–water partition coefficient (Wildman–Crippen LogP) is 2.99. The molecule has 1 amide bonds. The Balaban J connectivity index is 1.74. The first kappa shape index (κ1) is 24.3. The molecule has 11 heteroatoms. The Labute approximate surface area is 193 Å². The first-order valence-electron chi connectivity index (χ1n) is 10.5. The van der Waals surface area contributed by atoms with Crippen LogP contribution in [0.3, 0.4) is 0 Å². The first-order valence-corrected chi connectivity index (χ1v) is 12.4. The van der Waals surface area contributed by atoms with E-state index in [-0.39, 0.29) is 22.4 Å². The molecule has 2 aromatic rings. The Bertz CT molecular complexity index is 1150. The highest BCUT2D eigenvalue weighted by atomic mass is 32.2. The van der Waals surface area contributed by atoms with Crippen molar-refractivity contribution < 1.29 is 17.9 Å². The van der Waals surface area contributed by atoms with Gasteiger partial charge in [0.2, 0.25) is 0 Å². The van der Waals surface area contributed by atoms with Crippen molar-refractivity contribution >= 4 is 33.3 Å². The van der Waals surface area contributed by atoms with Crippen molar-refractivity contribution in [3.63, 3.8) is 0 Å². The summed E-state index contributed by atoms with van der Waals surface area (Å²) < 4.78 is 28.7. The van der Waals surface area contributed by atoms with E-state index < -0.39 is 21.5 Å². The third-order valence-electron chi connectivity index (χ3n) is 4.88. The second-order valence-corrected chi connectivity index (χ2v) is 10.9. The third kappa shape index (κ3) is 6.79. The quantitative estimate of drug-likeness (QED) is 0.672. The molecule has 0 radical (unpaired) electrons. The molecule has 0 saturated carbocycles. The van der Waals surface area contributed by atoms with E-state index >= 15 is 0 Å². The fourth-order valence-electron chi connectivity index (χ4n) is 3.40. The average molecular weight is 473 g/mol. The standard InChI is InChI=1S/C22H28N6O4S/c1-22(2,3)32-21(29)26-16-6-5-11-28(14-16)19-13-24-18(12-23)20(27-19)25-15-7-9-17(10-8-15)33(4,30)31/h7-10,13,16H,5-6,11,14H2,1-4H3,(H,25,27)(H,26,29). The van der Waals surface area contributed by atoms with Crippen LogP contribution in [0, 0.1) is 11.3 Å². The number of aromatic nitrogens is 2. The normalized spacial score (nSPS) is 16.6. The van der Waals surface area contributed by atoms with Gasteiger partial charge >= 0.3 is 6.09 Å². The van der Waals surface area contributed by atoms with Crippen molar-refractivity contribution in [2.24, 2.45) is 0 Å². The van der Waals surface area contributed by atoms with Crippen molar-refractivity contribution in [1.29, 1.82) is 5.26 Å². The summed E-state index contributed by atoms with van der Waals surface area (Å²) in [7, 11) is -3.30. The third-order valence-corrected chi connectivity index (χ3v) is 6.01. The molecule has 10 nitrogen and oxygen atoms in total. The van der Waals surface area contributed by atoms with Crippen LogP contribution in [-0.4, -0.2) is 55.5 Å². The van der Waals surface area contributed by atoms with Crippen LogP contribution in [0.4, 0.5) is 22.1 Å². The number of nitrogens with one attached hydrogen (secondary N) is 2. The number of anilines is 3. The lowest BCUT2D eigenvalue weighted by atomic mass is 10.1. The van der Waals surface area contributed by atoms with Crippen LogP contribution in [0.1, 0.15) is 39.3 Å². The molecular formula is C22H28N6O4S. The van der Waals surface area contributed by atoms with E-state index in [1.165, 1.54) is 18.3 Å². The maximum absolute atomic E-state index is 12.1. The molecule has 1 aromatic heterocycles. The monoisotopic (exact) mass is 472 g/mol. The molecule has 0 spiro atoms. The highest BCUT2D eigenvalue weighted by Crippen LogP contribution is 2.24. The number of ether oxygens (including phenoxy) is 1. The zero-order valence-corrected chi connectivity index (χ0v) is 19.9. The Kier molecular flexibility index (Phi) is 7.07. The van der Waals surface area contributed by atoms with Crippen molar-refractivity contribution in [3.05, 3.63) is 36.2 Å². The second kappa shape index (κ2) is 9.62. The Hall–Kier alpha value is -3.39. The highest BCUT2D eigenvalue weighted by Gasteiger charge is 2.25. The maximum atomic E-state index is 12.1. The number of piperidine rings is 1. The lowest BCUT2D eigenvalue weighted by molar-refractivity contribution is 0.0500. The lowest BCUT2D eigenvalue weighted by Gasteiger charge is -2.34. The van der Waals surface area contributed by atoms with Gasteiger partial charge in [-0.15, -0.1) is 0 Å².